The second kappa shape index (κ2) is 7.16. The van der Waals surface area contributed by atoms with Gasteiger partial charge in [0.2, 0.25) is 0 Å². The van der Waals surface area contributed by atoms with Gasteiger partial charge in [-0.1, -0.05) is 0 Å². The molecule has 0 aliphatic rings. The van der Waals surface area contributed by atoms with E-state index in [1.165, 1.54) is 12.1 Å². The number of phenols is 1. The molecule has 0 aliphatic heterocycles. The normalized spacial score (nSPS) is 9.78. The topological polar surface area (TPSA) is 95.9 Å². The van der Waals surface area contributed by atoms with E-state index in [1.807, 2.05) is 0 Å². The van der Waals surface area contributed by atoms with Crippen LogP contribution < -0.4 is 10.1 Å². The summed E-state index contributed by atoms with van der Waals surface area (Å²) in [5.41, 5.74) is 0. The van der Waals surface area contributed by atoms with E-state index in [1.54, 1.807) is 12.1 Å². The van der Waals surface area contributed by atoms with Gasteiger partial charge in [-0.05, 0) is 30.7 Å². The lowest BCUT2D eigenvalue weighted by atomic mass is 10.3. The first kappa shape index (κ1) is 13.8. The van der Waals surface area contributed by atoms with E-state index in [9.17, 15) is 9.59 Å². The number of benzene rings is 1. The number of amides is 1. The van der Waals surface area contributed by atoms with E-state index >= 15 is 0 Å². The summed E-state index contributed by atoms with van der Waals surface area (Å²) >= 11 is 0. The van der Waals surface area contributed by atoms with Crippen molar-refractivity contribution >= 4 is 11.9 Å². The van der Waals surface area contributed by atoms with Crippen LogP contribution in [0.1, 0.15) is 12.8 Å². The highest BCUT2D eigenvalue weighted by molar-refractivity contribution is 5.77. The van der Waals surface area contributed by atoms with E-state index in [0.717, 1.165) is 0 Å². The van der Waals surface area contributed by atoms with Crippen LogP contribution in [0.5, 0.6) is 11.5 Å². The van der Waals surface area contributed by atoms with Gasteiger partial charge in [-0.15, -0.1) is 0 Å². The zero-order chi connectivity index (χ0) is 13.4. The van der Waals surface area contributed by atoms with Gasteiger partial charge in [-0.3, -0.25) is 9.59 Å². The number of nitrogens with one attached hydrogen (secondary N) is 1. The molecule has 1 aromatic carbocycles. The molecular formula is C12H15NO5. The number of hydrogen-bond acceptors (Lipinski definition) is 4. The minimum atomic E-state index is -0.885. The lowest BCUT2D eigenvalue weighted by Crippen LogP contribution is -2.29. The van der Waals surface area contributed by atoms with Crippen molar-refractivity contribution in [1.82, 2.24) is 5.32 Å². The highest BCUT2D eigenvalue weighted by Crippen LogP contribution is 2.15. The third kappa shape index (κ3) is 5.74. The monoisotopic (exact) mass is 253 g/mol. The van der Waals surface area contributed by atoms with Crippen molar-refractivity contribution in [2.45, 2.75) is 12.8 Å². The number of carboxylic acids is 1. The van der Waals surface area contributed by atoms with Crippen molar-refractivity contribution in [1.29, 1.82) is 0 Å². The van der Waals surface area contributed by atoms with Gasteiger partial charge in [-0.25, -0.2) is 0 Å². The fraction of sp³-hybridized carbons (Fsp3) is 0.333. The zero-order valence-corrected chi connectivity index (χ0v) is 9.76. The van der Waals surface area contributed by atoms with Crippen LogP contribution in [0.3, 0.4) is 0 Å². The molecule has 0 unspecified atom stereocenters. The van der Waals surface area contributed by atoms with Crippen LogP contribution >= 0.6 is 0 Å². The first-order chi connectivity index (χ1) is 8.58. The fourth-order valence-electron chi connectivity index (χ4n) is 1.21. The Hall–Kier alpha value is -2.24. The Morgan fingerprint density at radius 2 is 1.89 bits per heavy atom. The summed E-state index contributed by atoms with van der Waals surface area (Å²) in [5.74, 6) is -0.591. The Morgan fingerprint density at radius 1 is 1.22 bits per heavy atom. The Kier molecular flexibility index (Phi) is 5.50. The van der Waals surface area contributed by atoms with Crippen molar-refractivity contribution in [2.24, 2.45) is 0 Å². The molecule has 0 radical (unpaired) electrons. The summed E-state index contributed by atoms with van der Waals surface area (Å²) in [6.07, 6.45) is 0.416. The first-order valence-corrected chi connectivity index (χ1v) is 5.48. The molecule has 3 N–H and O–H groups in total. The largest absolute Gasteiger partial charge is 0.508 e. The zero-order valence-electron chi connectivity index (χ0n) is 9.76. The molecule has 0 bridgehead atoms. The smallest absolute Gasteiger partial charge is 0.303 e. The maximum atomic E-state index is 11.3. The first-order valence-electron chi connectivity index (χ1n) is 5.48. The van der Waals surface area contributed by atoms with Gasteiger partial charge in [0.05, 0.1) is 0 Å². The third-order valence-corrected chi connectivity index (χ3v) is 2.10. The number of ether oxygens (including phenoxy) is 1. The Morgan fingerprint density at radius 3 is 2.50 bits per heavy atom. The molecule has 0 atom stereocenters. The van der Waals surface area contributed by atoms with Crippen LogP contribution in [0.25, 0.3) is 0 Å². The molecule has 1 aromatic rings. The molecule has 98 valence electrons. The molecular weight excluding hydrogens is 238 g/mol. The van der Waals surface area contributed by atoms with Crippen molar-refractivity contribution in [3.05, 3.63) is 24.3 Å². The van der Waals surface area contributed by atoms with Gasteiger partial charge in [0.1, 0.15) is 11.5 Å². The van der Waals surface area contributed by atoms with Crippen LogP contribution in [0.15, 0.2) is 24.3 Å². The summed E-state index contributed by atoms with van der Waals surface area (Å²) in [5, 5.41) is 20.0. The van der Waals surface area contributed by atoms with Gasteiger partial charge in [0.15, 0.2) is 6.61 Å². The van der Waals surface area contributed by atoms with Gasteiger partial charge < -0.3 is 20.3 Å². The number of carbonyl (C=O) groups excluding carboxylic acids is 1. The van der Waals surface area contributed by atoms with E-state index in [2.05, 4.69) is 5.32 Å². The minimum Gasteiger partial charge on any atom is -0.508 e. The molecule has 0 saturated carbocycles. The van der Waals surface area contributed by atoms with Crippen LogP contribution in [-0.2, 0) is 9.59 Å². The second-order valence-corrected chi connectivity index (χ2v) is 3.63. The molecule has 1 amide bonds. The number of hydrogen-bond donors (Lipinski definition) is 3. The molecule has 0 aromatic heterocycles. The Labute approximate surface area is 104 Å². The average Bonchev–Trinajstić information content (AvgIpc) is 2.34. The molecule has 1 rings (SSSR count). The number of aromatic hydroxyl groups is 1. The molecule has 18 heavy (non-hydrogen) atoms. The summed E-state index contributed by atoms with van der Waals surface area (Å²) in [4.78, 5) is 21.5. The lowest BCUT2D eigenvalue weighted by molar-refractivity contribution is -0.137. The van der Waals surface area contributed by atoms with Gasteiger partial charge in [-0.2, -0.15) is 0 Å². The molecule has 0 spiro atoms. The SMILES string of the molecule is O=C(O)CCCNC(=O)COc1ccc(O)cc1. The van der Waals surface area contributed by atoms with Crippen molar-refractivity contribution in [3.63, 3.8) is 0 Å². The van der Waals surface area contributed by atoms with Crippen molar-refractivity contribution in [3.8, 4) is 11.5 Å². The van der Waals surface area contributed by atoms with Crippen molar-refractivity contribution in [2.75, 3.05) is 13.2 Å². The van der Waals surface area contributed by atoms with E-state index < -0.39 is 5.97 Å². The van der Waals surface area contributed by atoms with Crippen LogP contribution in [0, 0.1) is 0 Å². The van der Waals surface area contributed by atoms with Crippen LogP contribution in [0.2, 0.25) is 0 Å². The molecule has 6 heteroatoms. The average molecular weight is 253 g/mol. The highest BCUT2D eigenvalue weighted by atomic mass is 16.5. The summed E-state index contributed by atoms with van der Waals surface area (Å²) in [7, 11) is 0. The Bertz CT molecular complexity index is 401. The molecule has 0 saturated heterocycles. The van der Waals surface area contributed by atoms with E-state index in [0.29, 0.717) is 18.7 Å². The van der Waals surface area contributed by atoms with Crippen LogP contribution in [0.4, 0.5) is 0 Å². The number of carboxylic acid groups (broad SMARTS) is 1. The number of rotatable bonds is 7. The van der Waals surface area contributed by atoms with Crippen molar-refractivity contribution < 1.29 is 24.5 Å². The maximum Gasteiger partial charge on any atom is 0.303 e. The standard InChI is InChI=1S/C12H15NO5/c14-9-3-5-10(6-4-9)18-8-11(15)13-7-1-2-12(16)17/h3-6,14H,1-2,7-8H2,(H,13,15)(H,16,17). The van der Waals surface area contributed by atoms with E-state index in [-0.39, 0.29) is 24.7 Å². The highest BCUT2D eigenvalue weighted by Gasteiger charge is 2.03. The van der Waals surface area contributed by atoms with Gasteiger partial charge in [0, 0.05) is 13.0 Å². The number of carbonyl (C=O) groups is 2. The third-order valence-electron chi connectivity index (χ3n) is 2.10. The second-order valence-electron chi connectivity index (χ2n) is 3.63. The Balaban J connectivity index is 2.17. The quantitative estimate of drug-likeness (QED) is 0.623. The number of phenolic OH excluding ortho intramolecular Hbond substituents is 1. The molecule has 0 fully saturated rings. The number of aliphatic carboxylic acids is 1. The predicted octanol–water partition coefficient (Wildman–Crippen LogP) is 0.752. The fourth-order valence-corrected chi connectivity index (χ4v) is 1.21. The van der Waals surface area contributed by atoms with E-state index in [4.69, 9.17) is 14.9 Å². The minimum absolute atomic E-state index is 0.0269. The predicted molar refractivity (Wildman–Crippen MR) is 63.5 cm³/mol. The molecule has 0 heterocycles. The maximum absolute atomic E-state index is 11.3. The van der Waals surface area contributed by atoms with Gasteiger partial charge in [0.25, 0.3) is 5.91 Å². The summed E-state index contributed by atoms with van der Waals surface area (Å²) in [6, 6.07) is 6.01. The molecule has 0 aliphatic carbocycles. The van der Waals surface area contributed by atoms with Gasteiger partial charge >= 0.3 is 5.97 Å². The summed E-state index contributed by atoms with van der Waals surface area (Å²) < 4.78 is 5.16. The van der Waals surface area contributed by atoms with Crippen LogP contribution in [-0.4, -0.2) is 35.2 Å². The lowest BCUT2D eigenvalue weighted by Gasteiger charge is -2.06. The molecule has 6 nitrogen and oxygen atoms in total. The summed E-state index contributed by atoms with van der Waals surface area (Å²) in [6.45, 7) is 0.169.